The van der Waals surface area contributed by atoms with Crippen LogP contribution in [0, 0.1) is 0 Å². The van der Waals surface area contributed by atoms with Gasteiger partial charge in [-0.2, -0.15) is 0 Å². The van der Waals surface area contributed by atoms with Crippen LogP contribution in [0.2, 0.25) is 0 Å². The number of fused-ring (bicyclic) bond motifs is 2. The molecular formula is C26H23NO4. The molecule has 156 valence electrons. The van der Waals surface area contributed by atoms with Gasteiger partial charge in [0.1, 0.15) is 6.04 Å². The molecule has 0 aliphatic heterocycles. The number of hydrogen-bond donors (Lipinski definition) is 2. The first-order valence-electron chi connectivity index (χ1n) is 10.1. The van der Waals surface area contributed by atoms with E-state index in [2.05, 4.69) is 11.4 Å². The maximum Gasteiger partial charge on any atom is 0.328 e. The van der Waals surface area contributed by atoms with E-state index in [0.29, 0.717) is 5.56 Å². The van der Waals surface area contributed by atoms with Crippen LogP contribution >= 0.6 is 0 Å². The summed E-state index contributed by atoms with van der Waals surface area (Å²) < 4.78 is 4.96. The summed E-state index contributed by atoms with van der Waals surface area (Å²) in [5, 5.41) is 17.2. The smallest absolute Gasteiger partial charge is 0.328 e. The van der Waals surface area contributed by atoms with E-state index in [1.165, 1.54) is 7.11 Å². The Morgan fingerprint density at radius 1 is 0.871 bits per heavy atom. The zero-order valence-corrected chi connectivity index (χ0v) is 17.1. The maximum absolute atomic E-state index is 12.7. The number of carbonyl (C=O) groups excluding carboxylic acids is 2. The second-order valence-electron chi connectivity index (χ2n) is 7.40. The van der Waals surface area contributed by atoms with Gasteiger partial charge in [0, 0.05) is 6.42 Å². The van der Waals surface area contributed by atoms with Gasteiger partial charge in [0.15, 0.2) is 6.10 Å². The molecule has 0 aliphatic rings. The fourth-order valence-electron chi connectivity index (χ4n) is 3.90. The maximum atomic E-state index is 12.7. The molecular weight excluding hydrogens is 390 g/mol. The van der Waals surface area contributed by atoms with Crippen LogP contribution in [0.5, 0.6) is 0 Å². The highest BCUT2D eigenvalue weighted by Crippen LogP contribution is 2.29. The van der Waals surface area contributed by atoms with Crippen LogP contribution in [0.4, 0.5) is 0 Å². The van der Waals surface area contributed by atoms with E-state index in [9.17, 15) is 14.7 Å². The number of amides is 1. The fraction of sp³-hybridized carbons (Fsp3) is 0.154. The molecule has 4 aromatic carbocycles. The number of methoxy groups -OCH3 is 1. The molecule has 0 spiro atoms. The average Bonchev–Trinajstić information content (AvgIpc) is 2.82. The number of benzene rings is 4. The SMILES string of the molecule is COC(=O)[C@H](Cc1c2ccccc2cc2ccccc12)NC(=O)[C@@H](O)c1ccccc1. The molecule has 0 aliphatic carbocycles. The third-order valence-electron chi connectivity index (χ3n) is 5.46. The molecule has 0 saturated heterocycles. The Morgan fingerprint density at radius 2 is 1.42 bits per heavy atom. The number of ether oxygens (including phenoxy) is 1. The predicted octanol–water partition coefficient (Wildman–Crippen LogP) is 3.93. The molecule has 0 unspecified atom stereocenters. The topological polar surface area (TPSA) is 75.6 Å². The molecule has 4 rings (SSSR count). The lowest BCUT2D eigenvalue weighted by Gasteiger charge is -2.21. The normalized spacial score (nSPS) is 13.0. The van der Waals surface area contributed by atoms with Crippen molar-refractivity contribution in [3.05, 3.63) is 96.1 Å². The number of esters is 1. The van der Waals surface area contributed by atoms with E-state index in [1.807, 2.05) is 48.5 Å². The van der Waals surface area contributed by atoms with Crippen molar-refractivity contribution in [2.24, 2.45) is 0 Å². The first kappa shape index (κ1) is 20.6. The monoisotopic (exact) mass is 413 g/mol. The number of rotatable bonds is 6. The van der Waals surface area contributed by atoms with Gasteiger partial charge in [-0.1, -0.05) is 78.9 Å². The van der Waals surface area contributed by atoms with Crippen molar-refractivity contribution in [1.82, 2.24) is 5.32 Å². The number of carbonyl (C=O) groups is 2. The van der Waals surface area contributed by atoms with E-state index in [1.54, 1.807) is 30.3 Å². The highest BCUT2D eigenvalue weighted by molar-refractivity contribution is 6.02. The van der Waals surface area contributed by atoms with Crippen LogP contribution in [0.3, 0.4) is 0 Å². The van der Waals surface area contributed by atoms with Gasteiger partial charge in [0.2, 0.25) is 0 Å². The Labute approximate surface area is 180 Å². The molecule has 0 bridgehead atoms. The largest absolute Gasteiger partial charge is 0.467 e. The van der Waals surface area contributed by atoms with Crippen molar-refractivity contribution in [2.75, 3.05) is 7.11 Å². The summed E-state index contributed by atoms with van der Waals surface area (Å²) in [4.78, 5) is 25.3. The molecule has 31 heavy (non-hydrogen) atoms. The van der Waals surface area contributed by atoms with Gasteiger partial charge in [-0.05, 0) is 38.7 Å². The molecule has 4 aromatic rings. The summed E-state index contributed by atoms with van der Waals surface area (Å²) in [6, 6.07) is 25.7. The minimum atomic E-state index is -1.38. The second kappa shape index (κ2) is 8.98. The Hall–Kier alpha value is -3.70. The summed E-state index contributed by atoms with van der Waals surface area (Å²) in [7, 11) is 1.29. The lowest BCUT2D eigenvalue weighted by molar-refractivity contribution is -0.146. The number of hydrogen-bond acceptors (Lipinski definition) is 4. The zero-order valence-electron chi connectivity index (χ0n) is 17.1. The molecule has 1 amide bonds. The van der Waals surface area contributed by atoms with Crippen molar-refractivity contribution in [3.63, 3.8) is 0 Å². The van der Waals surface area contributed by atoms with Gasteiger partial charge < -0.3 is 15.2 Å². The van der Waals surface area contributed by atoms with Crippen molar-refractivity contribution in [3.8, 4) is 0 Å². The second-order valence-corrected chi connectivity index (χ2v) is 7.40. The number of aliphatic hydroxyl groups is 1. The molecule has 0 aromatic heterocycles. The van der Waals surface area contributed by atoms with Crippen LogP contribution in [-0.2, 0) is 20.7 Å². The first-order chi connectivity index (χ1) is 15.1. The third kappa shape index (κ3) is 4.27. The zero-order chi connectivity index (χ0) is 21.8. The molecule has 2 N–H and O–H groups in total. The average molecular weight is 413 g/mol. The van der Waals surface area contributed by atoms with Gasteiger partial charge in [-0.15, -0.1) is 0 Å². The fourth-order valence-corrected chi connectivity index (χ4v) is 3.90. The summed E-state index contributed by atoms with van der Waals surface area (Å²) in [5.74, 6) is -1.21. The Bertz CT molecular complexity index is 1180. The quantitative estimate of drug-likeness (QED) is 0.371. The van der Waals surface area contributed by atoms with Crippen LogP contribution in [0.25, 0.3) is 21.5 Å². The standard InChI is InChI=1S/C26H23NO4/c1-31-26(30)23(27-25(29)24(28)17-9-3-2-4-10-17)16-22-20-13-7-5-11-18(20)15-19-12-6-8-14-21(19)22/h2-15,23-24,28H,16H2,1H3,(H,27,29)/t23-,24-/m0/s1. The Morgan fingerprint density at radius 3 is 2.00 bits per heavy atom. The van der Waals surface area contributed by atoms with Gasteiger partial charge in [-0.25, -0.2) is 4.79 Å². The lowest BCUT2D eigenvalue weighted by Crippen LogP contribution is -2.45. The summed E-state index contributed by atoms with van der Waals surface area (Å²) in [6.45, 7) is 0. The van der Waals surface area contributed by atoms with Crippen molar-refractivity contribution in [2.45, 2.75) is 18.6 Å². The van der Waals surface area contributed by atoms with Gasteiger partial charge in [0.25, 0.3) is 5.91 Å². The molecule has 0 heterocycles. The lowest BCUT2D eigenvalue weighted by atomic mass is 9.92. The summed E-state index contributed by atoms with van der Waals surface area (Å²) in [5.41, 5.74) is 1.40. The summed E-state index contributed by atoms with van der Waals surface area (Å²) >= 11 is 0. The molecule has 2 atom stereocenters. The number of nitrogens with one attached hydrogen (secondary N) is 1. The highest BCUT2D eigenvalue weighted by atomic mass is 16.5. The van der Waals surface area contributed by atoms with Gasteiger partial charge >= 0.3 is 5.97 Å². The van der Waals surface area contributed by atoms with E-state index in [0.717, 1.165) is 27.1 Å². The Kier molecular flexibility index (Phi) is 5.96. The van der Waals surface area contributed by atoms with E-state index < -0.39 is 24.0 Å². The molecule has 0 saturated carbocycles. The first-order valence-corrected chi connectivity index (χ1v) is 10.1. The van der Waals surface area contributed by atoms with Crippen LogP contribution in [0.15, 0.2) is 84.9 Å². The van der Waals surface area contributed by atoms with Crippen LogP contribution in [0.1, 0.15) is 17.2 Å². The minimum Gasteiger partial charge on any atom is -0.467 e. The van der Waals surface area contributed by atoms with Crippen LogP contribution < -0.4 is 5.32 Å². The van der Waals surface area contributed by atoms with E-state index in [-0.39, 0.29) is 6.42 Å². The van der Waals surface area contributed by atoms with Gasteiger partial charge in [-0.3, -0.25) is 4.79 Å². The van der Waals surface area contributed by atoms with Gasteiger partial charge in [0.05, 0.1) is 7.11 Å². The van der Waals surface area contributed by atoms with Crippen LogP contribution in [-0.4, -0.2) is 30.1 Å². The van der Waals surface area contributed by atoms with E-state index in [4.69, 9.17) is 4.74 Å². The van der Waals surface area contributed by atoms with E-state index >= 15 is 0 Å². The predicted molar refractivity (Wildman–Crippen MR) is 121 cm³/mol. The molecule has 0 radical (unpaired) electrons. The Balaban J connectivity index is 1.71. The van der Waals surface area contributed by atoms with Crippen molar-refractivity contribution >= 4 is 33.4 Å². The third-order valence-corrected chi connectivity index (χ3v) is 5.46. The molecule has 0 fully saturated rings. The van der Waals surface area contributed by atoms with Crippen molar-refractivity contribution in [1.29, 1.82) is 0 Å². The van der Waals surface area contributed by atoms with Crippen molar-refractivity contribution < 1.29 is 19.4 Å². The number of aliphatic hydroxyl groups excluding tert-OH is 1. The minimum absolute atomic E-state index is 0.238. The highest BCUT2D eigenvalue weighted by Gasteiger charge is 2.27. The summed E-state index contributed by atoms with van der Waals surface area (Å²) in [6.07, 6.45) is -1.14. The molecule has 5 nitrogen and oxygen atoms in total. The molecule has 5 heteroatoms.